The van der Waals surface area contributed by atoms with Gasteiger partial charge in [-0.3, -0.25) is 0 Å². The van der Waals surface area contributed by atoms with Crippen LogP contribution in [0.5, 0.6) is 0 Å². The summed E-state index contributed by atoms with van der Waals surface area (Å²) in [5.74, 6) is -0.946. The molecule has 19 heavy (non-hydrogen) atoms. The lowest BCUT2D eigenvalue weighted by molar-refractivity contribution is -0.136. The maximum absolute atomic E-state index is 11.8. The first-order valence-corrected chi connectivity index (χ1v) is 9.55. The van der Waals surface area contributed by atoms with Gasteiger partial charge in [0.15, 0.2) is 0 Å². The highest BCUT2D eigenvalue weighted by Gasteiger charge is 2.35. The second-order valence-electron chi connectivity index (χ2n) is 4.71. The van der Waals surface area contributed by atoms with E-state index in [-0.39, 0.29) is 0 Å². The first kappa shape index (κ1) is 17.9. The van der Waals surface area contributed by atoms with Crippen LogP contribution in [0.15, 0.2) is 12.2 Å². The van der Waals surface area contributed by atoms with Gasteiger partial charge in [-0.25, -0.2) is 9.59 Å². The van der Waals surface area contributed by atoms with E-state index in [0.29, 0.717) is 0 Å². The fourth-order valence-corrected chi connectivity index (χ4v) is 6.63. The lowest BCUT2D eigenvalue weighted by atomic mass is 10.5. The maximum atomic E-state index is 11.8. The highest BCUT2D eigenvalue weighted by atomic mass is 28.4. The van der Waals surface area contributed by atoms with Gasteiger partial charge in [-0.05, 0) is 18.1 Å². The van der Waals surface area contributed by atoms with E-state index in [2.05, 4.69) is 25.5 Å². The lowest BCUT2D eigenvalue weighted by Crippen LogP contribution is -2.39. The van der Waals surface area contributed by atoms with Crippen molar-refractivity contribution in [3.8, 4) is 0 Å². The molecule has 0 aliphatic carbocycles. The molecule has 0 aliphatic rings. The molecule has 0 aromatic carbocycles. The standard InChI is InChI=1S/C14H26O4Si/c1-5-10-19(11-6-2,12-7-3)18-14(16)9-8-13(15)17-4/h8-9H,5-7,10-12H2,1-4H3. The van der Waals surface area contributed by atoms with Gasteiger partial charge < -0.3 is 9.16 Å². The van der Waals surface area contributed by atoms with Gasteiger partial charge >= 0.3 is 11.9 Å². The Kier molecular flexibility index (Phi) is 9.21. The van der Waals surface area contributed by atoms with Crippen LogP contribution in [-0.4, -0.2) is 27.4 Å². The summed E-state index contributed by atoms with van der Waals surface area (Å²) in [4.78, 5) is 22.8. The molecule has 0 unspecified atom stereocenters. The minimum absolute atomic E-state index is 0.410. The van der Waals surface area contributed by atoms with E-state index in [9.17, 15) is 9.59 Å². The Labute approximate surface area is 117 Å². The van der Waals surface area contributed by atoms with Gasteiger partial charge in [0, 0.05) is 12.2 Å². The molecule has 0 spiro atoms. The summed E-state index contributed by atoms with van der Waals surface area (Å²) >= 11 is 0. The Morgan fingerprint density at radius 1 is 0.895 bits per heavy atom. The average molecular weight is 286 g/mol. The van der Waals surface area contributed by atoms with E-state index in [1.165, 1.54) is 13.2 Å². The molecule has 0 aromatic heterocycles. The summed E-state index contributed by atoms with van der Waals surface area (Å²) < 4.78 is 10.2. The average Bonchev–Trinajstić information content (AvgIpc) is 2.36. The molecular formula is C14H26O4Si. The van der Waals surface area contributed by atoms with Crippen molar-refractivity contribution in [2.75, 3.05) is 7.11 Å². The van der Waals surface area contributed by atoms with Crippen molar-refractivity contribution in [3.05, 3.63) is 12.2 Å². The third kappa shape index (κ3) is 7.15. The molecule has 110 valence electrons. The van der Waals surface area contributed by atoms with E-state index in [0.717, 1.165) is 43.5 Å². The summed E-state index contributed by atoms with van der Waals surface area (Å²) in [7, 11) is -0.714. The normalized spacial score (nSPS) is 11.6. The number of hydrogen-bond donors (Lipinski definition) is 0. The van der Waals surface area contributed by atoms with Crippen LogP contribution in [0.3, 0.4) is 0 Å². The summed E-state index contributed by atoms with van der Waals surface area (Å²) in [5.41, 5.74) is 0. The minimum Gasteiger partial charge on any atom is -0.516 e. The highest BCUT2D eigenvalue weighted by molar-refractivity contribution is 6.75. The number of rotatable bonds is 9. The SMILES string of the molecule is CCC[Si](CCC)(CCC)OC(=O)C=CC(=O)OC. The van der Waals surface area contributed by atoms with Gasteiger partial charge in [0.05, 0.1) is 7.11 Å². The predicted octanol–water partition coefficient (Wildman–Crippen LogP) is 3.43. The van der Waals surface area contributed by atoms with Crippen LogP contribution in [0.25, 0.3) is 0 Å². The zero-order chi connectivity index (χ0) is 14.7. The van der Waals surface area contributed by atoms with Crippen LogP contribution in [0.2, 0.25) is 18.1 Å². The monoisotopic (exact) mass is 286 g/mol. The molecule has 0 rings (SSSR count). The van der Waals surface area contributed by atoms with Crippen molar-refractivity contribution >= 4 is 20.3 Å². The Bertz CT molecular complexity index is 296. The van der Waals surface area contributed by atoms with Crippen molar-refractivity contribution in [1.82, 2.24) is 0 Å². The third-order valence-corrected chi connectivity index (χ3v) is 7.86. The molecule has 0 aromatic rings. The zero-order valence-electron chi connectivity index (χ0n) is 12.5. The summed E-state index contributed by atoms with van der Waals surface area (Å²) in [6.45, 7) is 6.35. The van der Waals surface area contributed by atoms with E-state index in [1.807, 2.05) is 0 Å². The fraction of sp³-hybridized carbons (Fsp3) is 0.714. The van der Waals surface area contributed by atoms with Crippen LogP contribution < -0.4 is 0 Å². The summed E-state index contributed by atoms with van der Waals surface area (Å²) in [6.07, 6.45) is 5.38. The van der Waals surface area contributed by atoms with Crippen LogP contribution in [0, 0.1) is 0 Å². The van der Waals surface area contributed by atoms with Crippen LogP contribution >= 0.6 is 0 Å². The second kappa shape index (κ2) is 9.78. The second-order valence-corrected chi connectivity index (χ2v) is 8.78. The van der Waals surface area contributed by atoms with Crippen LogP contribution in [0.4, 0.5) is 0 Å². The van der Waals surface area contributed by atoms with Crippen LogP contribution in [0.1, 0.15) is 40.0 Å². The van der Waals surface area contributed by atoms with Gasteiger partial charge in [-0.2, -0.15) is 0 Å². The highest BCUT2D eigenvalue weighted by Crippen LogP contribution is 2.27. The lowest BCUT2D eigenvalue weighted by Gasteiger charge is -2.29. The van der Waals surface area contributed by atoms with Crippen molar-refractivity contribution in [3.63, 3.8) is 0 Å². The predicted molar refractivity (Wildman–Crippen MR) is 78.3 cm³/mol. The molecule has 0 amide bonds. The fourth-order valence-electron chi connectivity index (χ4n) is 2.35. The van der Waals surface area contributed by atoms with Crippen molar-refractivity contribution in [2.24, 2.45) is 0 Å². The molecule has 0 aliphatic heterocycles. The Morgan fingerprint density at radius 2 is 1.32 bits per heavy atom. The molecule has 0 atom stereocenters. The molecule has 0 radical (unpaired) electrons. The molecule has 0 heterocycles. The first-order chi connectivity index (χ1) is 9.03. The summed E-state index contributed by atoms with van der Waals surface area (Å²) in [6, 6.07) is 2.98. The van der Waals surface area contributed by atoms with E-state index in [4.69, 9.17) is 4.43 Å². The number of esters is 1. The zero-order valence-corrected chi connectivity index (χ0v) is 13.5. The Hall–Kier alpha value is -1.10. The number of methoxy groups -OCH3 is 1. The molecule has 0 saturated heterocycles. The van der Waals surface area contributed by atoms with Crippen LogP contribution in [-0.2, 0) is 18.8 Å². The van der Waals surface area contributed by atoms with Gasteiger partial charge in [0.1, 0.15) is 0 Å². The van der Waals surface area contributed by atoms with E-state index < -0.39 is 20.3 Å². The number of carbonyl (C=O) groups excluding carboxylic acids is 2. The van der Waals surface area contributed by atoms with E-state index in [1.54, 1.807) is 0 Å². The molecule has 4 nitrogen and oxygen atoms in total. The molecule has 0 N–H and O–H groups in total. The largest absolute Gasteiger partial charge is 0.516 e. The summed E-state index contributed by atoms with van der Waals surface area (Å²) in [5, 5.41) is 0. The van der Waals surface area contributed by atoms with E-state index >= 15 is 0 Å². The quantitative estimate of drug-likeness (QED) is 0.370. The van der Waals surface area contributed by atoms with Gasteiger partial charge in [0.25, 0.3) is 8.32 Å². The molecule has 0 fully saturated rings. The Morgan fingerprint density at radius 3 is 1.68 bits per heavy atom. The Balaban J connectivity index is 4.73. The molecule has 0 bridgehead atoms. The molecular weight excluding hydrogens is 260 g/mol. The van der Waals surface area contributed by atoms with Gasteiger partial charge in [0.2, 0.25) is 0 Å². The van der Waals surface area contributed by atoms with Crippen molar-refractivity contribution < 1.29 is 18.8 Å². The third-order valence-electron chi connectivity index (χ3n) is 2.99. The number of carbonyl (C=O) groups is 2. The van der Waals surface area contributed by atoms with Gasteiger partial charge in [-0.15, -0.1) is 0 Å². The van der Waals surface area contributed by atoms with Crippen molar-refractivity contribution in [1.29, 1.82) is 0 Å². The van der Waals surface area contributed by atoms with Crippen molar-refractivity contribution in [2.45, 2.75) is 58.2 Å². The minimum atomic E-state index is -1.99. The smallest absolute Gasteiger partial charge is 0.330 e. The molecule has 5 heteroatoms. The molecule has 0 saturated carbocycles. The number of hydrogen-bond acceptors (Lipinski definition) is 4. The topological polar surface area (TPSA) is 52.6 Å². The first-order valence-electron chi connectivity index (χ1n) is 7.02. The number of ether oxygens (including phenoxy) is 1. The maximum Gasteiger partial charge on any atom is 0.330 e. The van der Waals surface area contributed by atoms with Gasteiger partial charge in [-0.1, -0.05) is 40.0 Å².